The summed E-state index contributed by atoms with van der Waals surface area (Å²) in [6.07, 6.45) is 0.984. The van der Waals surface area contributed by atoms with Crippen molar-refractivity contribution in [3.63, 3.8) is 0 Å². The van der Waals surface area contributed by atoms with E-state index in [1.807, 2.05) is 38.1 Å². The summed E-state index contributed by atoms with van der Waals surface area (Å²) in [5.74, 6) is 0.938. The fraction of sp³-hybridized carbons (Fsp3) is 0.500. The van der Waals surface area contributed by atoms with Crippen molar-refractivity contribution in [1.82, 2.24) is 5.32 Å². The fourth-order valence-corrected chi connectivity index (χ4v) is 1.58. The summed E-state index contributed by atoms with van der Waals surface area (Å²) in [6.45, 7) is 7.44. The van der Waals surface area contributed by atoms with Gasteiger partial charge in [0, 0.05) is 5.56 Å². The van der Waals surface area contributed by atoms with E-state index in [4.69, 9.17) is 4.74 Å². The minimum absolute atomic E-state index is 0.119. The normalized spacial score (nSPS) is 12.2. The summed E-state index contributed by atoms with van der Waals surface area (Å²) in [4.78, 5) is 12.0. The van der Waals surface area contributed by atoms with E-state index >= 15 is 0 Å². The van der Waals surface area contributed by atoms with E-state index in [0.29, 0.717) is 6.61 Å². The first-order chi connectivity index (χ1) is 8.19. The fourth-order valence-electron chi connectivity index (χ4n) is 1.58. The van der Waals surface area contributed by atoms with E-state index in [1.165, 1.54) is 0 Å². The Bertz CT molecular complexity index is 346. The Morgan fingerprint density at radius 1 is 1.29 bits per heavy atom. The second-order valence-corrected chi connectivity index (χ2v) is 4.02. The van der Waals surface area contributed by atoms with Gasteiger partial charge in [-0.1, -0.05) is 13.8 Å². The Balaban J connectivity index is 2.63. The monoisotopic (exact) mass is 235 g/mol. The lowest BCUT2D eigenvalue weighted by atomic mass is 10.1. The molecule has 94 valence electrons. The van der Waals surface area contributed by atoms with Crippen LogP contribution in [0.5, 0.6) is 5.75 Å². The quantitative estimate of drug-likeness (QED) is 0.738. The van der Waals surface area contributed by atoms with Gasteiger partial charge >= 0.3 is 0 Å². The van der Waals surface area contributed by atoms with Gasteiger partial charge in [0.1, 0.15) is 5.75 Å². The number of Topliss-reactive ketones (excluding diaryl/α,β-unsaturated/α-hetero) is 1. The number of nitrogens with one attached hydrogen (secondary N) is 1. The topological polar surface area (TPSA) is 38.3 Å². The van der Waals surface area contributed by atoms with Crippen LogP contribution in [0.4, 0.5) is 0 Å². The molecule has 1 atom stereocenters. The SMILES string of the molecule is CCCOc1ccc(C(=O)C(C)NCC)cc1. The first-order valence-electron chi connectivity index (χ1n) is 6.19. The van der Waals surface area contributed by atoms with Gasteiger partial charge in [0.2, 0.25) is 0 Å². The molecule has 1 rings (SSSR count). The third kappa shape index (κ3) is 4.19. The third-order valence-corrected chi connectivity index (χ3v) is 2.52. The second-order valence-electron chi connectivity index (χ2n) is 4.02. The molecule has 0 aliphatic heterocycles. The van der Waals surface area contributed by atoms with E-state index in [-0.39, 0.29) is 11.8 Å². The van der Waals surface area contributed by atoms with Crippen LogP contribution in [0.2, 0.25) is 0 Å². The molecular formula is C14H21NO2. The molecule has 0 heterocycles. The zero-order valence-corrected chi connectivity index (χ0v) is 10.8. The minimum Gasteiger partial charge on any atom is -0.494 e. The standard InChI is InChI=1S/C14H21NO2/c1-4-10-17-13-8-6-12(7-9-13)14(16)11(3)15-5-2/h6-9,11,15H,4-5,10H2,1-3H3. The van der Waals surface area contributed by atoms with Gasteiger partial charge in [-0.05, 0) is 44.2 Å². The van der Waals surface area contributed by atoms with Crippen molar-refractivity contribution in [1.29, 1.82) is 0 Å². The zero-order valence-electron chi connectivity index (χ0n) is 10.8. The molecule has 1 aromatic rings. The number of benzene rings is 1. The van der Waals surface area contributed by atoms with Gasteiger partial charge < -0.3 is 10.1 Å². The number of carbonyl (C=O) groups excluding carboxylic acids is 1. The molecule has 0 saturated carbocycles. The smallest absolute Gasteiger partial charge is 0.179 e. The molecule has 0 aromatic heterocycles. The van der Waals surface area contributed by atoms with Crippen LogP contribution in [-0.2, 0) is 0 Å². The number of hydrogen-bond donors (Lipinski definition) is 1. The molecular weight excluding hydrogens is 214 g/mol. The zero-order chi connectivity index (χ0) is 12.7. The molecule has 3 heteroatoms. The van der Waals surface area contributed by atoms with Crippen LogP contribution >= 0.6 is 0 Å². The average molecular weight is 235 g/mol. The van der Waals surface area contributed by atoms with Crippen molar-refractivity contribution in [3.05, 3.63) is 29.8 Å². The summed E-state index contributed by atoms with van der Waals surface area (Å²) in [6, 6.07) is 7.20. The summed E-state index contributed by atoms with van der Waals surface area (Å²) >= 11 is 0. The largest absolute Gasteiger partial charge is 0.494 e. The number of likely N-dealkylation sites (N-methyl/N-ethyl adjacent to an activating group) is 1. The summed E-state index contributed by atoms with van der Waals surface area (Å²) in [7, 11) is 0. The van der Waals surface area contributed by atoms with Crippen molar-refractivity contribution in [2.45, 2.75) is 33.2 Å². The molecule has 0 saturated heterocycles. The maximum absolute atomic E-state index is 12.0. The molecule has 0 fully saturated rings. The van der Waals surface area contributed by atoms with Crippen LogP contribution < -0.4 is 10.1 Å². The predicted molar refractivity (Wildman–Crippen MR) is 69.7 cm³/mol. The lowest BCUT2D eigenvalue weighted by Gasteiger charge is -2.11. The van der Waals surface area contributed by atoms with Gasteiger partial charge in [0.05, 0.1) is 12.6 Å². The summed E-state index contributed by atoms with van der Waals surface area (Å²) in [5, 5.41) is 3.11. The predicted octanol–water partition coefficient (Wildman–Crippen LogP) is 2.66. The van der Waals surface area contributed by atoms with Crippen molar-refractivity contribution >= 4 is 5.78 Å². The number of hydrogen-bond acceptors (Lipinski definition) is 3. The van der Waals surface area contributed by atoms with Crippen LogP contribution in [0.1, 0.15) is 37.6 Å². The van der Waals surface area contributed by atoms with Crippen LogP contribution in [-0.4, -0.2) is 25.0 Å². The molecule has 0 radical (unpaired) electrons. The number of carbonyl (C=O) groups is 1. The Morgan fingerprint density at radius 2 is 1.94 bits per heavy atom. The lowest BCUT2D eigenvalue weighted by Crippen LogP contribution is -2.33. The first-order valence-corrected chi connectivity index (χ1v) is 6.19. The maximum atomic E-state index is 12.0. The van der Waals surface area contributed by atoms with E-state index < -0.39 is 0 Å². The van der Waals surface area contributed by atoms with Gasteiger partial charge in [-0.15, -0.1) is 0 Å². The Kier molecular flexibility index (Phi) is 5.70. The molecule has 0 aliphatic carbocycles. The number of ether oxygens (including phenoxy) is 1. The molecule has 17 heavy (non-hydrogen) atoms. The van der Waals surface area contributed by atoms with E-state index in [0.717, 1.165) is 24.3 Å². The maximum Gasteiger partial charge on any atom is 0.179 e. The lowest BCUT2D eigenvalue weighted by molar-refractivity contribution is 0.0952. The Labute approximate surface area is 103 Å². The summed E-state index contributed by atoms with van der Waals surface area (Å²) in [5.41, 5.74) is 0.724. The number of ketones is 1. The molecule has 1 N–H and O–H groups in total. The molecule has 1 unspecified atom stereocenters. The van der Waals surface area contributed by atoms with Crippen LogP contribution in [0.25, 0.3) is 0 Å². The average Bonchev–Trinajstić information content (AvgIpc) is 2.36. The highest BCUT2D eigenvalue weighted by atomic mass is 16.5. The van der Waals surface area contributed by atoms with Crippen molar-refractivity contribution in [2.24, 2.45) is 0 Å². The second kappa shape index (κ2) is 7.07. The molecule has 1 aromatic carbocycles. The highest BCUT2D eigenvalue weighted by molar-refractivity contribution is 5.99. The van der Waals surface area contributed by atoms with Gasteiger partial charge in [0.15, 0.2) is 5.78 Å². The van der Waals surface area contributed by atoms with Gasteiger partial charge in [0.25, 0.3) is 0 Å². The minimum atomic E-state index is -0.137. The molecule has 0 bridgehead atoms. The van der Waals surface area contributed by atoms with Crippen molar-refractivity contribution in [3.8, 4) is 5.75 Å². The first kappa shape index (κ1) is 13.7. The number of rotatable bonds is 7. The van der Waals surface area contributed by atoms with Gasteiger partial charge in [-0.2, -0.15) is 0 Å². The molecule has 0 aliphatic rings. The van der Waals surface area contributed by atoms with E-state index in [9.17, 15) is 4.79 Å². The molecule has 0 amide bonds. The van der Waals surface area contributed by atoms with E-state index in [2.05, 4.69) is 12.2 Å². The van der Waals surface area contributed by atoms with Crippen LogP contribution in [0, 0.1) is 0 Å². The third-order valence-electron chi connectivity index (χ3n) is 2.52. The van der Waals surface area contributed by atoms with Crippen LogP contribution in [0.15, 0.2) is 24.3 Å². The molecule has 3 nitrogen and oxygen atoms in total. The Morgan fingerprint density at radius 3 is 2.47 bits per heavy atom. The van der Waals surface area contributed by atoms with Gasteiger partial charge in [-0.25, -0.2) is 0 Å². The Hall–Kier alpha value is -1.35. The highest BCUT2D eigenvalue weighted by Gasteiger charge is 2.13. The van der Waals surface area contributed by atoms with Crippen molar-refractivity contribution < 1.29 is 9.53 Å². The molecule has 0 spiro atoms. The summed E-state index contributed by atoms with van der Waals surface area (Å²) < 4.78 is 5.47. The van der Waals surface area contributed by atoms with Gasteiger partial charge in [-0.3, -0.25) is 4.79 Å². The van der Waals surface area contributed by atoms with E-state index in [1.54, 1.807) is 0 Å². The van der Waals surface area contributed by atoms with Crippen LogP contribution in [0.3, 0.4) is 0 Å². The van der Waals surface area contributed by atoms with Crippen molar-refractivity contribution in [2.75, 3.05) is 13.2 Å². The highest BCUT2D eigenvalue weighted by Crippen LogP contribution is 2.13.